The van der Waals surface area contributed by atoms with Gasteiger partial charge >= 0.3 is 0 Å². The van der Waals surface area contributed by atoms with Crippen molar-refractivity contribution in [2.45, 2.75) is 6.42 Å². The third kappa shape index (κ3) is 1.11. The molecule has 0 aromatic heterocycles. The Bertz CT molecular complexity index is 282. The Morgan fingerprint density at radius 2 is 2.18 bits per heavy atom. The smallest absolute Gasteiger partial charge is 0.160 e. The summed E-state index contributed by atoms with van der Waals surface area (Å²) in [7, 11) is 0. The summed E-state index contributed by atoms with van der Waals surface area (Å²) in [4.78, 5) is 10.9. The summed E-state index contributed by atoms with van der Waals surface area (Å²) in [5.41, 5.74) is 1.00. The van der Waals surface area contributed by atoms with Gasteiger partial charge in [-0.05, 0) is 18.2 Å². The van der Waals surface area contributed by atoms with Crippen LogP contribution >= 0.6 is 0 Å². The molecule has 0 aromatic rings. The van der Waals surface area contributed by atoms with Crippen LogP contribution in [0.25, 0.3) is 0 Å². The first-order valence-corrected chi connectivity index (χ1v) is 3.59. The van der Waals surface area contributed by atoms with Crippen molar-refractivity contribution in [2.24, 2.45) is 0 Å². The minimum Gasteiger partial charge on any atom is -0.489 e. The Hall–Kier alpha value is -1.31. The Kier molecular flexibility index (Phi) is 1.39. The van der Waals surface area contributed by atoms with Crippen molar-refractivity contribution in [3.8, 4) is 0 Å². The number of ether oxygens (including phenoxy) is 1. The van der Waals surface area contributed by atoms with Gasteiger partial charge in [0.05, 0.1) is 0 Å². The van der Waals surface area contributed by atoms with Crippen LogP contribution in [0.1, 0.15) is 6.42 Å². The molecular weight excluding hydrogens is 140 g/mol. The largest absolute Gasteiger partial charge is 0.489 e. The van der Waals surface area contributed by atoms with Gasteiger partial charge in [0.25, 0.3) is 0 Å². The molecule has 2 nitrogen and oxygen atoms in total. The fourth-order valence-electron chi connectivity index (χ4n) is 1.22. The van der Waals surface area contributed by atoms with Crippen LogP contribution in [-0.4, -0.2) is 12.4 Å². The molecule has 0 fully saturated rings. The lowest BCUT2D eigenvalue weighted by molar-refractivity contribution is -0.114. The second-order valence-corrected chi connectivity index (χ2v) is 2.58. The van der Waals surface area contributed by atoms with E-state index in [0.29, 0.717) is 13.0 Å². The highest BCUT2D eigenvalue weighted by Gasteiger charge is 2.14. The minimum atomic E-state index is 0.152. The Labute approximate surface area is 64.9 Å². The van der Waals surface area contributed by atoms with Gasteiger partial charge in [-0.3, -0.25) is 4.79 Å². The summed E-state index contributed by atoms with van der Waals surface area (Å²) in [6.45, 7) is 0.622. The van der Waals surface area contributed by atoms with Gasteiger partial charge in [-0.2, -0.15) is 0 Å². The van der Waals surface area contributed by atoms with Crippen molar-refractivity contribution >= 4 is 5.78 Å². The van der Waals surface area contributed by atoms with E-state index in [1.807, 2.05) is 12.2 Å². The van der Waals surface area contributed by atoms with Gasteiger partial charge in [0.1, 0.15) is 12.4 Å². The van der Waals surface area contributed by atoms with Crippen LogP contribution in [-0.2, 0) is 9.53 Å². The Morgan fingerprint density at radius 1 is 1.27 bits per heavy atom. The molecule has 1 aliphatic heterocycles. The van der Waals surface area contributed by atoms with Crippen molar-refractivity contribution in [3.63, 3.8) is 0 Å². The molecule has 2 aliphatic rings. The van der Waals surface area contributed by atoms with Crippen LogP contribution in [0.15, 0.2) is 35.6 Å². The zero-order valence-corrected chi connectivity index (χ0v) is 6.04. The molecule has 0 unspecified atom stereocenters. The van der Waals surface area contributed by atoms with Gasteiger partial charge in [-0.1, -0.05) is 6.08 Å². The summed E-state index contributed by atoms with van der Waals surface area (Å²) in [5, 5.41) is 0. The van der Waals surface area contributed by atoms with E-state index in [2.05, 4.69) is 0 Å². The maximum Gasteiger partial charge on any atom is 0.160 e. The van der Waals surface area contributed by atoms with Gasteiger partial charge in [0.2, 0.25) is 0 Å². The number of ketones is 1. The lowest BCUT2D eigenvalue weighted by Gasteiger charge is -2.16. The van der Waals surface area contributed by atoms with Crippen molar-refractivity contribution in [3.05, 3.63) is 35.6 Å². The maximum absolute atomic E-state index is 10.9. The van der Waals surface area contributed by atoms with E-state index < -0.39 is 0 Å². The average Bonchev–Trinajstić information content (AvgIpc) is 2.04. The summed E-state index contributed by atoms with van der Waals surface area (Å²) < 4.78 is 5.28. The summed E-state index contributed by atoms with van der Waals surface area (Å²) in [6.07, 6.45) is 7.68. The van der Waals surface area contributed by atoms with Gasteiger partial charge in [-0.15, -0.1) is 0 Å². The van der Waals surface area contributed by atoms with E-state index in [4.69, 9.17) is 4.74 Å². The molecule has 0 aromatic carbocycles. The topological polar surface area (TPSA) is 26.3 Å². The fourth-order valence-corrected chi connectivity index (χ4v) is 1.22. The number of carbonyl (C=O) groups is 1. The molecule has 0 saturated heterocycles. The number of hydrogen-bond donors (Lipinski definition) is 0. The van der Waals surface area contributed by atoms with Gasteiger partial charge in [-0.25, -0.2) is 0 Å². The monoisotopic (exact) mass is 148 g/mol. The fraction of sp³-hybridized carbons (Fsp3) is 0.222. The molecular formula is C9H8O2. The van der Waals surface area contributed by atoms with Crippen molar-refractivity contribution in [1.82, 2.24) is 0 Å². The lowest BCUT2D eigenvalue weighted by Crippen LogP contribution is -2.08. The first-order valence-electron chi connectivity index (χ1n) is 3.59. The molecule has 2 rings (SSSR count). The Balaban J connectivity index is 2.34. The second kappa shape index (κ2) is 2.38. The third-order valence-electron chi connectivity index (χ3n) is 1.76. The molecule has 56 valence electrons. The SMILES string of the molecule is O=C1C=CC2=C(C=CCO2)C1. The summed E-state index contributed by atoms with van der Waals surface area (Å²) >= 11 is 0. The van der Waals surface area contributed by atoms with E-state index in [1.54, 1.807) is 12.2 Å². The Morgan fingerprint density at radius 3 is 3.09 bits per heavy atom. The number of carbonyl (C=O) groups excluding carboxylic acids is 1. The van der Waals surface area contributed by atoms with Crippen LogP contribution in [0.3, 0.4) is 0 Å². The zero-order chi connectivity index (χ0) is 7.68. The molecule has 0 N–H and O–H groups in total. The standard InChI is InChI=1S/C9H8O2/c10-8-3-4-9-7(6-8)2-1-5-11-9/h1-4H,5-6H2. The van der Waals surface area contributed by atoms with Crippen molar-refractivity contribution < 1.29 is 9.53 Å². The summed E-state index contributed by atoms with van der Waals surface area (Å²) in [5.74, 6) is 1.01. The lowest BCUT2D eigenvalue weighted by atomic mass is 10.0. The molecule has 0 bridgehead atoms. The van der Waals surface area contributed by atoms with Crippen molar-refractivity contribution in [1.29, 1.82) is 0 Å². The summed E-state index contributed by atoms with van der Waals surface area (Å²) in [6, 6.07) is 0. The molecule has 2 heteroatoms. The van der Waals surface area contributed by atoms with Crippen LogP contribution in [0.5, 0.6) is 0 Å². The highest BCUT2D eigenvalue weighted by atomic mass is 16.5. The molecule has 0 atom stereocenters. The van der Waals surface area contributed by atoms with Gasteiger partial charge in [0, 0.05) is 12.0 Å². The molecule has 1 heterocycles. The predicted octanol–water partition coefficient (Wildman–Crippen LogP) is 1.36. The van der Waals surface area contributed by atoms with E-state index in [0.717, 1.165) is 11.3 Å². The first-order chi connectivity index (χ1) is 5.36. The van der Waals surface area contributed by atoms with Gasteiger partial charge < -0.3 is 4.74 Å². The minimum absolute atomic E-state index is 0.152. The number of rotatable bonds is 0. The molecule has 11 heavy (non-hydrogen) atoms. The van der Waals surface area contributed by atoms with Crippen LogP contribution in [0.4, 0.5) is 0 Å². The van der Waals surface area contributed by atoms with E-state index >= 15 is 0 Å². The highest BCUT2D eigenvalue weighted by molar-refractivity contribution is 5.93. The number of hydrogen-bond acceptors (Lipinski definition) is 2. The van der Waals surface area contributed by atoms with Gasteiger partial charge in [0.15, 0.2) is 5.78 Å². The van der Waals surface area contributed by atoms with E-state index in [9.17, 15) is 4.79 Å². The first kappa shape index (κ1) is 6.40. The van der Waals surface area contributed by atoms with Crippen LogP contribution in [0.2, 0.25) is 0 Å². The maximum atomic E-state index is 10.9. The normalized spacial score (nSPS) is 21.6. The molecule has 0 radical (unpaired) electrons. The number of allylic oxidation sites excluding steroid dienone is 4. The molecule has 1 aliphatic carbocycles. The third-order valence-corrected chi connectivity index (χ3v) is 1.76. The highest BCUT2D eigenvalue weighted by Crippen LogP contribution is 2.21. The zero-order valence-electron chi connectivity index (χ0n) is 6.04. The van der Waals surface area contributed by atoms with Crippen LogP contribution in [0, 0.1) is 0 Å². The predicted molar refractivity (Wildman–Crippen MR) is 40.9 cm³/mol. The second-order valence-electron chi connectivity index (χ2n) is 2.58. The quantitative estimate of drug-likeness (QED) is 0.518. The molecule has 0 saturated carbocycles. The van der Waals surface area contributed by atoms with Crippen molar-refractivity contribution in [2.75, 3.05) is 6.61 Å². The van der Waals surface area contributed by atoms with Crippen LogP contribution < -0.4 is 0 Å². The van der Waals surface area contributed by atoms with E-state index in [-0.39, 0.29) is 5.78 Å². The molecule has 0 amide bonds. The molecule has 0 spiro atoms. The average molecular weight is 148 g/mol. The van der Waals surface area contributed by atoms with E-state index in [1.165, 1.54) is 0 Å².